The van der Waals surface area contributed by atoms with E-state index in [9.17, 15) is 5.11 Å². The fraction of sp³-hybridized carbons (Fsp3) is 0.923. The van der Waals surface area contributed by atoms with Gasteiger partial charge >= 0.3 is 0 Å². The van der Waals surface area contributed by atoms with E-state index in [4.69, 9.17) is 12.2 Å². The van der Waals surface area contributed by atoms with Gasteiger partial charge in [0, 0.05) is 16.3 Å². The first kappa shape index (κ1) is 12.5. The highest BCUT2D eigenvalue weighted by atomic mass is 32.1. The molecule has 2 rings (SSSR count). The average molecular weight is 241 g/mol. The highest BCUT2D eigenvalue weighted by molar-refractivity contribution is 7.81. The molecule has 2 N–H and O–H groups in total. The fourth-order valence-corrected chi connectivity index (χ4v) is 4.16. The van der Waals surface area contributed by atoms with Crippen LogP contribution in [0, 0.1) is 5.41 Å². The van der Waals surface area contributed by atoms with Crippen LogP contribution in [0.1, 0.15) is 53.4 Å². The Bertz CT molecular complexity index is 318. The van der Waals surface area contributed by atoms with Gasteiger partial charge in [-0.25, -0.2) is 0 Å². The Labute approximate surface area is 104 Å². The second-order valence-corrected chi connectivity index (χ2v) is 6.65. The van der Waals surface area contributed by atoms with E-state index in [-0.39, 0.29) is 11.0 Å². The molecule has 3 heteroatoms. The Hall–Kier alpha value is 0.01000. The molecule has 0 aliphatic heterocycles. The summed E-state index contributed by atoms with van der Waals surface area (Å²) in [7, 11) is 0. The van der Waals surface area contributed by atoms with E-state index in [2.05, 4.69) is 33.0 Å². The maximum atomic E-state index is 10.9. The highest BCUT2D eigenvalue weighted by Gasteiger charge is 2.76. The smallest absolute Gasteiger partial charge is 0.0895 e. The van der Waals surface area contributed by atoms with Crippen molar-refractivity contribution in [1.29, 1.82) is 0 Å². The third-order valence-electron chi connectivity index (χ3n) is 4.42. The molecule has 0 heterocycles. The topological polar surface area (TPSA) is 32.3 Å². The molecule has 0 amide bonds. The van der Waals surface area contributed by atoms with Crippen molar-refractivity contribution in [1.82, 2.24) is 5.32 Å². The molecule has 0 radical (unpaired) electrons. The summed E-state index contributed by atoms with van der Waals surface area (Å²) in [4.78, 5) is 1.01. The molecule has 92 valence electrons. The molecule has 2 aliphatic rings. The van der Waals surface area contributed by atoms with Crippen LogP contribution in [0.15, 0.2) is 0 Å². The zero-order chi connectivity index (χ0) is 12.2. The van der Waals surface area contributed by atoms with Gasteiger partial charge in [-0.15, -0.1) is 0 Å². The summed E-state index contributed by atoms with van der Waals surface area (Å²) in [5.74, 6) is 0. The summed E-state index contributed by atoms with van der Waals surface area (Å²) >= 11 is 5.52. The van der Waals surface area contributed by atoms with Crippen LogP contribution in [0.5, 0.6) is 0 Å². The van der Waals surface area contributed by atoms with Crippen LogP contribution >= 0.6 is 12.2 Å². The van der Waals surface area contributed by atoms with E-state index >= 15 is 0 Å². The van der Waals surface area contributed by atoms with E-state index in [0.717, 1.165) is 30.5 Å². The minimum Gasteiger partial charge on any atom is -0.388 e. The van der Waals surface area contributed by atoms with Crippen molar-refractivity contribution >= 4 is 17.1 Å². The molecule has 1 atom stereocenters. The molecule has 0 aromatic carbocycles. The van der Waals surface area contributed by atoms with Crippen molar-refractivity contribution in [2.45, 2.75) is 70.6 Å². The third kappa shape index (κ3) is 1.34. The highest BCUT2D eigenvalue weighted by Crippen LogP contribution is 2.62. The minimum absolute atomic E-state index is 0.0499. The SMILES string of the molecule is CC(C)N[C@@]1(C2(O)CCCC2)C(=S)C1(C)C. The summed E-state index contributed by atoms with van der Waals surface area (Å²) < 4.78 is 0. The van der Waals surface area contributed by atoms with Crippen molar-refractivity contribution in [3.05, 3.63) is 0 Å². The molecule has 2 saturated carbocycles. The lowest BCUT2D eigenvalue weighted by molar-refractivity contribution is -0.0150. The van der Waals surface area contributed by atoms with Gasteiger partial charge in [0.05, 0.1) is 11.1 Å². The predicted molar refractivity (Wildman–Crippen MR) is 70.8 cm³/mol. The standard InChI is InChI=1S/C13H23NOS/c1-9(2)14-13(10(16)11(13,3)4)12(15)7-5-6-8-12/h9,14-15H,5-8H2,1-4H3/t13-/m0/s1. The van der Waals surface area contributed by atoms with E-state index in [1.54, 1.807) is 0 Å². The maximum Gasteiger partial charge on any atom is 0.0895 e. The Balaban J connectivity index is 2.34. The third-order valence-corrected chi connectivity index (χ3v) is 5.23. The lowest BCUT2D eigenvalue weighted by Gasteiger charge is -2.37. The zero-order valence-corrected chi connectivity index (χ0v) is 11.6. The van der Waals surface area contributed by atoms with E-state index in [1.807, 2.05) is 0 Å². The van der Waals surface area contributed by atoms with Gasteiger partial charge in [0.25, 0.3) is 0 Å². The van der Waals surface area contributed by atoms with Crippen molar-refractivity contribution < 1.29 is 5.11 Å². The molecule has 2 aliphatic carbocycles. The second-order valence-electron chi connectivity index (χ2n) is 6.24. The molecule has 0 spiro atoms. The largest absolute Gasteiger partial charge is 0.388 e. The molecular weight excluding hydrogens is 218 g/mol. The predicted octanol–water partition coefficient (Wildman–Crippen LogP) is 2.44. The lowest BCUT2D eigenvalue weighted by Crippen LogP contribution is -2.57. The Kier molecular flexibility index (Phi) is 2.73. The van der Waals surface area contributed by atoms with E-state index in [1.165, 1.54) is 0 Å². The van der Waals surface area contributed by atoms with Gasteiger partial charge < -0.3 is 10.4 Å². The van der Waals surface area contributed by atoms with Crippen molar-refractivity contribution in [2.75, 3.05) is 0 Å². The molecule has 0 aromatic rings. The Morgan fingerprint density at radius 1 is 1.25 bits per heavy atom. The van der Waals surface area contributed by atoms with Crippen molar-refractivity contribution in [2.24, 2.45) is 5.41 Å². The average Bonchev–Trinajstić information content (AvgIpc) is 2.56. The summed E-state index contributed by atoms with van der Waals surface area (Å²) in [5, 5.41) is 14.4. The van der Waals surface area contributed by atoms with Gasteiger partial charge in [-0.3, -0.25) is 0 Å². The van der Waals surface area contributed by atoms with Crippen LogP contribution in [0.25, 0.3) is 0 Å². The number of nitrogens with one attached hydrogen (secondary N) is 1. The first-order valence-electron chi connectivity index (χ1n) is 6.33. The summed E-state index contributed by atoms with van der Waals surface area (Å²) in [6.45, 7) is 8.55. The number of thiocarbonyl (C=S) groups is 1. The number of hydrogen-bond donors (Lipinski definition) is 2. The number of rotatable bonds is 3. The van der Waals surface area contributed by atoms with Crippen LogP contribution in [0.3, 0.4) is 0 Å². The summed E-state index contributed by atoms with van der Waals surface area (Å²) in [6, 6.07) is 0.351. The normalized spacial score (nSPS) is 35.8. The van der Waals surface area contributed by atoms with E-state index in [0.29, 0.717) is 6.04 Å². The number of hydrogen-bond acceptors (Lipinski definition) is 3. The molecule has 2 fully saturated rings. The van der Waals surface area contributed by atoms with Gasteiger partial charge in [-0.2, -0.15) is 0 Å². The number of aliphatic hydroxyl groups is 1. The molecule has 0 unspecified atom stereocenters. The molecule has 0 saturated heterocycles. The molecular formula is C13H23NOS. The maximum absolute atomic E-state index is 10.9. The van der Waals surface area contributed by atoms with Gasteiger partial charge in [0.15, 0.2) is 0 Å². The van der Waals surface area contributed by atoms with Crippen LogP contribution in [0.4, 0.5) is 0 Å². The first-order valence-corrected chi connectivity index (χ1v) is 6.74. The summed E-state index contributed by atoms with van der Waals surface area (Å²) in [5.41, 5.74) is -0.983. The minimum atomic E-state index is -0.613. The fourth-order valence-electron chi connectivity index (χ4n) is 3.56. The zero-order valence-electron chi connectivity index (χ0n) is 10.8. The van der Waals surface area contributed by atoms with Gasteiger partial charge in [-0.1, -0.05) is 38.9 Å². The molecule has 2 nitrogen and oxygen atoms in total. The Morgan fingerprint density at radius 3 is 2.00 bits per heavy atom. The Morgan fingerprint density at radius 2 is 1.69 bits per heavy atom. The van der Waals surface area contributed by atoms with Gasteiger partial charge in [0.2, 0.25) is 0 Å². The second kappa shape index (κ2) is 3.50. The van der Waals surface area contributed by atoms with Gasteiger partial charge in [-0.05, 0) is 26.7 Å². The molecule has 0 aromatic heterocycles. The van der Waals surface area contributed by atoms with Crippen molar-refractivity contribution in [3.8, 4) is 0 Å². The molecule has 16 heavy (non-hydrogen) atoms. The van der Waals surface area contributed by atoms with Crippen LogP contribution in [0.2, 0.25) is 0 Å². The quantitative estimate of drug-likeness (QED) is 0.744. The van der Waals surface area contributed by atoms with Crippen molar-refractivity contribution in [3.63, 3.8) is 0 Å². The summed E-state index contributed by atoms with van der Waals surface area (Å²) in [6.07, 6.45) is 4.01. The lowest BCUT2D eigenvalue weighted by atomic mass is 9.83. The van der Waals surface area contributed by atoms with Gasteiger partial charge in [0.1, 0.15) is 0 Å². The van der Waals surface area contributed by atoms with Crippen LogP contribution in [-0.4, -0.2) is 27.2 Å². The van der Waals surface area contributed by atoms with Crippen LogP contribution < -0.4 is 5.32 Å². The van der Waals surface area contributed by atoms with Crippen LogP contribution in [-0.2, 0) is 0 Å². The van der Waals surface area contributed by atoms with E-state index < -0.39 is 5.60 Å². The molecule has 0 bridgehead atoms. The first-order chi connectivity index (χ1) is 7.28. The monoisotopic (exact) mass is 241 g/mol.